The predicted molar refractivity (Wildman–Crippen MR) is 76.1 cm³/mol. The lowest BCUT2D eigenvalue weighted by Gasteiger charge is -2.11. The van der Waals surface area contributed by atoms with Gasteiger partial charge in [-0.2, -0.15) is 0 Å². The third kappa shape index (κ3) is 3.48. The van der Waals surface area contributed by atoms with Crippen molar-refractivity contribution in [3.05, 3.63) is 46.4 Å². The molecule has 2 aromatic carbocycles. The van der Waals surface area contributed by atoms with Gasteiger partial charge in [0.1, 0.15) is 0 Å². The average Bonchev–Trinajstić information content (AvgIpc) is 2.37. The zero-order valence-electron chi connectivity index (χ0n) is 9.90. The summed E-state index contributed by atoms with van der Waals surface area (Å²) in [4.78, 5) is 0. The Morgan fingerprint density at radius 1 is 1.17 bits per heavy atom. The molecule has 1 unspecified atom stereocenters. The number of halogens is 2. The summed E-state index contributed by atoms with van der Waals surface area (Å²) in [7, 11) is -1.48. The van der Waals surface area contributed by atoms with Crippen LogP contribution in [0, 0.1) is 0 Å². The Bertz CT molecular complexity index is 535. The quantitative estimate of drug-likeness (QED) is 0.688. The summed E-state index contributed by atoms with van der Waals surface area (Å²) in [5, 5.41) is 2.27. The van der Waals surface area contributed by atoms with Crippen LogP contribution in [-0.4, -0.2) is 6.61 Å². The molecule has 0 radical (unpaired) electrons. The van der Waals surface area contributed by atoms with Crippen molar-refractivity contribution in [3.8, 4) is 0 Å². The number of hydrogen-bond acceptors (Lipinski definition) is 2. The van der Waals surface area contributed by atoms with Gasteiger partial charge in [0.25, 0.3) is 0 Å². The van der Waals surface area contributed by atoms with Crippen LogP contribution in [0.5, 0.6) is 0 Å². The normalized spacial score (nSPS) is 12.8. The molecule has 18 heavy (non-hydrogen) atoms. The fourth-order valence-corrected chi connectivity index (χ4v) is 3.09. The van der Waals surface area contributed by atoms with Gasteiger partial charge in [-0.25, -0.2) is 0 Å². The molecule has 0 aliphatic rings. The van der Waals surface area contributed by atoms with Crippen molar-refractivity contribution in [1.82, 2.24) is 0 Å². The molecule has 0 saturated heterocycles. The molecule has 0 saturated carbocycles. The standard InChI is InChI=1S/C13H13BrFO2P/c1-2-16-18(17-15)9-10-3-4-11-5-6-13(14)8-12(11)7-10/h3-8H,2,9H2,1H3. The van der Waals surface area contributed by atoms with Crippen LogP contribution >= 0.6 is 24.3 Å². The van der Waals surface area contributed by atoms with Crippen LogP contribution in [0.4, 0.5) is 4.53 Å². The smallest absolute Gasteiger partial charge is 0.219 e. The average molecular weight is 331 g/mol. The number of fused-ring (bicyclic) bond motifs is 1. The van der Waals surface area contributed by atoms with Crippen LogP contribution in [-0.2, 0) is 15.4 Å². The molecule has 0 N–H and O–H groups in total. The van der Waals surface area contributed by atoms with Crippen LogP contribution in [0.25, 0.3) is 10.8 Å². The van der Waals surface area contributed by atoms with Gasteiger partial charge in [0, 0.05) is 10.6 Å². The van der Waals surface area contributed by atoms with Crippen LogP contribution in [0.3, 0.4) is 0 Å². The van der Waals surface area contributed by atoms with Crippen LogP contribution in [0.15, 0.2) is 40.9 Å². The second-order valence-electron chi connectivity index (χ2n) is 3.80. The van der Waals surface area contributed by atoms with E-state index in [1.165, 1.54) is 0 Å². The lowest BCUT2D eigenvalue weighted by Crippen LogP contribution is -1.90. The molecule has 0 spiro atoms. The minimum absolute atomic E-state index is 0.453. The predicted octanol–water partition coefficient (Wildman–Crippen LogP) is 5.35. The zero-order valence-corrected chi connectivity index (χ0v) is 12.4. The minimum Gasteiger partial charge on any atom is -0.332 e. The first-order chi connectivity index (χ1) is 8.72. The maximum Gasteiger partial charge on any atom is 0.219 e. The van der Waals surface area contributed by atoms with Gasteiger partial charge in [0.2, 0.25) is 8.38 Å². The molecule has 2 aromatic rings. The van der Waals surface area contributed by atoms with Crippen LogP contribution in [0.2, 0.25) is 0 Å². The lowest BCUT2D eigenvalue weighted by molar-refractivity contribution is -0.00981. The first-order valence-corrected chi connectivity index (χ1v) is 7.76. The Morgan fingerprint density at radius 3 is 2.67 bits per heavy atom. The fourth-order valence-electron chi connectivity index (χ4n) is 1.75. The van der Waals surface area contributed by atoms with Gasteiger partial charge >= 0.3 is 0 Å². The summed E-state index contributed by atoms with van der Waals surface area (Å²) in [6.45, 7) is 2.28. The third-order valence-corrected chi connectivity index (χ3v) is 4.35. The van der Waals surface area contributed by atoms with Crippen molar-refractivity contribution in [1.29, 1.82) is 0 Å². The SMILES string of the molecule is CCOP(Cc1ccc2ccc(Br)cc2c1)OF. The number of rotatable bonds is 5. The summed E-state index contributed by atoms with van der Waals surface area (Å²) < 4.78 is 22.4. The highest BCUT2D eigenvalue weighted by Gasteiger charge is 2.12. The maximum atomic E-state index is 12.3. The monoisotopic (exact) mass is 330 g/mol. The van der Waals surface area contributed by atoms with Crippen LogP contribution in [0.1, 0.15) is 12.5 Å². The largest absolute Gasteiger partial charge is 0.332 e. The zero-order chi connectivity index (χ0) is 13.0. The van der Waals surface area contributed by atoms with Gasteiger partial charge in [-0.15, -0.1) is 4.73 Å². The van der Waals surface area contributed by atoms with Crippen molar-refractivity contribution < 1.29 is 13.8 Å². The summed E-state index contributed by atoms with van der Waals surface area (Å²) in [5.74, 6) is 0. The molecule has 0 aliphatic carbocycles. The van der Waals surface area contributed by atoms with E-state index >= 15 is 0 Å². The summed E-state index contributed by atoms with van der Waals surface area (Å²) in [5.41, 5.74) is 1.01. The summed E-state index contributed by atoms with van der Waals surface area (Å²) in [6, 6.07) is 12.1. The first kappa shape index (κ1) is 13.9. The van der Waals surface area contributed by atoms with Gasteiger partial charge in [-0.3, -0.25) is 0 Å². The summed E-state index contributed by atoms with van der Waals surface area (Å²) in [6.07, 6.45) is 0.460. The van der Waals surface area contributed by atoms with Gasteiger partial charge < -0.3 is 4.52 Å². The fraction of sp³-hybridized carbons (Fsp3) is 0.231. The van der Waals surface area contributed by atoms with Gasteiger partial charge in [0.15, 0.2) is 0 Å². The van der Waals surface area contributed by atoms with E-state index in [1.54, 1.807) is 0 Å². The molecule has 0 aromatic heterocycles. The third-order valence-electron chi connectivity index (χ3n) is 2.53. The molecular formula is C13H13BrFO2P. The molecule has 2 rings (SSSR count). The Balaban J connectivity index is 2.23. The second-order valence-corrected chi connectivity index (χ2v) is 6.10. The van der Waals surface area contributed by atoms with Crippen molar-refractivity contribution in [2.75, 3.05) is 6.61 Å². The highest BCUT2D eigenvalue weighted by molar-refractivity contribution is 9.10. The Morgan fingerprint density at radius 2 is 1.94 bits per heavy atom. The highest BCUT2D eigenvalue weighted by atomic mass is 79.9. The molecule has 2 nitrogen and oxygen atoms in total. The van der Waals surface area contributed by atoms with Crippen molar-refractivity contribution >= 4 is 35.1 Å². The van der Waals surface area contributed by atoms with Gasteiger partial charge in [-0.1, -0.05) is 40.2 Å². The lowest BCUT2D eigenvalue weighted by atomic mass is 10.1. The van der Waals surface area contributed by atoms with Crippen molar-refractivity contribution in [2.45, 2.75) is 13.1 Å². The van der Waals surface area contributed by atoms with E-state index in [9.17, 15) is 4.53 Å². The second kappa shape index (κ2) is 6.58. The molecule has 0 fully saturated rings. The van der Waals surface area contributed by atoms with E-state index in [0.717, 1.165) is 20.8 Å². The first-order valence-electron chi connectivity index (χ1n) is 5.60. The summed E-state index contributed by atoms with van der Waals surface area (Å²) >= 11 is 3.44. The highest BCUT2D eigenvalue weighted by Crippen LogP contribution is 2.42. The maximum absolute atomic E-state index is 12.3. The molecule has 0 amide bonds. The van der Waals surface area contributed by atoms with Crippen molar-refractivity contribution in [3.63, 3.8) is 0 Å². The Kier molecular flexibility index (Phi) is 5.07. The van der Waals surface area contributed by atoms with E-state index in [4.69, 9.17) is 4.52 Å². The molecule has 1 atom stereocenters. The minimum atomic E-state index is -1.48. The molecular weight excluding hydrogens is 318 g/mol. The molecule has 96 valence electrons. The molecule has 0 bridgehead atoms. The van der Waals surface area contributed by atoms with E-state index < -0.39 is 8.38 Å². The molecule has 0 aliphatic heterocycles. The van der Waals surface area contributed by atoms with E-state index in [2.05, 4.69) is 20.7 Å². The Labute approximate surface area is 115 Å². The van der Waals surface area contributed by atoms with Gasteiger partial charge in [-0.05, 0) is 39.9 Å². The molecule has 5 heteroatoms. The Hall–Kier alpha value is -0.540. The van der Waals surface area contributed by atoms with E-state index in [-0.39, 0.29) is 0 Å². The van der Waals surface area contributed by atoms with Gasteiger partial charge in [0.05, 0.1) is 6.61 Å². The topological polar surface area (TPSA) is 18.5 Å². The number of benzene rings is 2. The van der Waals surface area contributed by atoms with Crippen LogP contribution < -0.4 is 0 Å². The van der Waals surface area contributed by atoms with E-state index in [0.29, 0.717) is 12.8 Å². The van der Waals surface area contributed by atoms with E-state index in [1.807, 2.05) is 43.3 Å². The number of hydrogen-bond donors (Lipinski definition) is 0. The van der Waals surface area contributed by atoms with Crippen molar-refractivity contribution in [2.24, 2.45) is 0 Å². The molecule has 0 heterocycles.